The number of rotatable bonds is 6. The van der Waals surface area contributed by atoms with Gasteiger partial charge in [-0.05, 0) is 24.6 Å². The Balaban J connectivity index is 1.97. The number of aromatic carboxylic acids is 1. The second-order valence-corrected chi connectivity index (χ2v) is 3.96. The molecule has 0 amide bonds. The molecule has 19 heavy (non-hydrogen) atoms. The second-order valence-electron chi connectivity index (χ2n) is 3.96. The van der Waals surface area contributed by atoms with Gasteiger partial charge >= 0.3 is 5.97 Å². The van der Waals surface area contributed by atoms with Crippen molar-refractivity contribution < 1.29 is 19.1 Å². The van der Waals surface area contributed by atoms with Crippen LogP contribution >= 0.6 is 0 Å². The third-order valence-electron chi connectivity index (χ3n) is 2.42. The molecule has 0 bridgehead atoms. The normalized spacial score (nSPS) is 10.4. The van der Waals surface area contributed by atoms with Crippen LogP contribution in [-0.2, 0) is 13.0 Å². The first-order valence-electron chi connectivity index (χ1n) is 5.96. The molecule has 6 nitrogen and oxygen atoms in total. The van der Waals surface area contributed by atoms with Crippen molar-refractivity contribution in [2.75, 3.05) is 0 Å². The standard InChI is InChI=1S/C13H14N2O4/c1-2-4-11-14-15-12(19-11)8-18-10-6-3-5-9(7-10)13(16)17/h3,5-7H,2,4,8H2,1H3,(H,16,17). The van der Waals surface area contributed by atoms with Crippen LogP contribution in [0.4, 0.5) is 0 Å². The van der Waals surface area contributed by atoms with Gasteiger partial charge in [0, 0.05) is 6.42 Å². The SMILES string of the molecule is CCCc1nnc(COc2cccc(C(=O)O)c2)o1. The number of aromatic nitrogens is 2. The van der Waals surface area contributed by atoms with Crippen molar-refractivity contribution in [3.8, 4) is 5.75 Å². The van der Waals surface area contributed by atoms with Gasteiger partial charge < -0.3 is 14.3 Å². The highest BCUT2D eigenvalue weighted by molar-refractivity contribution is 5.87. The molecule has 0 aliphatic rings. The molecular formula is C13H14N2O4. The van der Waals surface area contributed by atoms with Crippen LogP contribution < -0.4 is 4.74 Å². The van der Waals surface area contributed by atoms with E-state index in [4.69, 9.17) is 14.3 Å². The first-order chi connectivity index (χ1) is 9.19. The number of aryl methyl sites for hydroxylation is 1. The van der Waals surface area contributed by atoms with Gasteiger partial charge in [-0.25, -0.2) is 4.79 Å². The molecule has 0 radical (unpaired) electrons. The molecule has 0 saturated carbocycles. The van der Waals surface area contributed by atoms with Crippen molar-refractivity contribution in [1.29, 1.82) is 0 Å². The Morgan fingerprint density at radius 1 is 1.37 bits per heavy atom. The van der Waals surface area contributed by atoms with Crippen LogP contribution in [0.5, 0.6) is 5.75 Å². The lowest BCUT2D eigenvalue weighted by atomic mass is 10.2. The number of ether oxygens (including phenoxy) is 1. The minimum absolute atomic E-state index is 0.125. The van der Waals surface area contributed by atoms with Crippen molar-refractivity contribution in [2.24, 2.45) is 0 Å². The van der Waals surface area contributed by atoms with E-state index < -0.39 is 5.97 Å². The highest BCUT2D eigenvalue weighted by Crippen LogP contribution is 2.15. The molecule has 2 aromatic rings. The quantitative estimate of drug-likeness (QED) is 0.859. The van der Waals surface area contributed by atoms with Gasteiger partial charge in [0.05, 0.1) is 5.56 Å². The summed E-state index contributed by atoms with van der Waals surface area (Å²) in [5, 5.41) is 16.6. The predicted octanol–water partition coefficient (Wildman–Crippen LogP) is 2.30. The Labute approximate surface area is 110 Å². The van der Waals surface area contributed by atoms with Gasteiger partial charge in [0.25, 0.3) is 5.89 Å². The molecule has 100 valence electrons. The van der Waals surface area contributed by atoms with Gasteiger partial charge in [0.15, 0.2) is 6.61 Å². The largest absolute Gasteiger partial charge is 0.484 e. The van der Waals surface area contributed by atoms with Crippen LogP contribution in [0.15, 0.2) is 28.7 Å². The van der Waals surface area contributed by atoms with Crippen LogP contribution in [0.25, 0.3) is 0 Å². The Hall–Kier alpha value is -2.37. The summed E-state index contributed by atoms with van der Waals surface area (Å²) in [5.41, 5.74) is 0.176. The van der Waals surface area contributed by atoms with E-state index in [-0.39, 0.29) is 12.2 Å². The minimum atomic E-state index is -0.992. The summed E-state index contributed by atoms with van der Waals surface area (Å²) in [6.45, 7) is 2.15. The van der Waals surface area contributed by atoms with Gasteiger partial charge in [-0.1, -0.05) is 13.0 Å². The molecule has 1 heterocycles. The van der Waals surface area contributed by atoms with E-state index in [9.17, 15) is 4.79 Å². The molecule has 0 atom stereocenters. The second kappa shape index (κ2) is 5.99. The average molecular weight is 262 g/mol. The summed E-state index contributed by atoms with van der Waals surface area (Å²) < 4.78 is 10.8. The fraction of sp³-hybridized carbons (Fsp3) is 0.308. The third kappa shape index (κ3) is 3.54. The number of benzene rings is 1. The van der Waals surface area contributed by atoms with Crippen LogP contribution in [-0.4, -0.2) is 21.3 Å². The Bertz CT molecular complexity index is 565. The Kier molecular flexibility index (Phi) is 4.12. The number of nitrogens with zero attached hydrogens (tertiary/aromatic N) is 2. The fourth-order valence-electron chi connectivity index (χ4n) is 1.53. The van der Waals surface area contributed by atoms with E-state index in [1.807, 2.05) is 6.92 Å². The van der Waals surface area contributed by atoms with E-state index >= 15 is 0 Å². The molecule has 0 saturated heterocycles. The van der Waals surface area contributed by atoms with Crippen molar-refractivity contribution in [1.82, 2.24) is 10.2 Å². The number of carboxylic acid groups (broad SMARTS) is 1. The topological polar surface area (TPSA) is 85.5 Å². The van der Waals surface area contributed by atoms with E-state index in [1.54, 1.807) is 12.1 Å². The molecule has 0 aliphatic carbocycles. The summed E-state index contributed by atoms with van der Waals surface area (Å²) in [4.78, 5) is 10.8. The minimum Gasteiger partial charge on any atom is -0.484 e. The number of carbonyl (C=O) groups is 1. The van der Waals surface area contributed by atoms with Crippen molar-refractivity contribution >= 4 is 5.97 Å². The van der Waals surface area contributed by atoms with Crippen LogP contribution in [0.3, 0.4) is 0 Å². The van der Waals surface area contributed by atoms with Crippen molar-refractivity contribution in [3.63, 3.8) is 0 Å². The van der Waals surface area contributed by atoms with Crippen LogP contribution in [0, 0.1) is 0 Å². The molecule has 1 aromatic heterocycles. The van der Waals surface area contributed by atoms with Gasteiger partial charge in [-0.15, -0.1) is 10.2 Å². The summed E-state index contributed by atoms with van der Waals surface area (Å²) in [5.74, 6) is 0.424. The van der Waals surface area contributed by atoms with Crippen LogP contribution in [0.1, 0.15) is 35.5 Å². The molecule has 0 aliphatic heterocycles. The summed E-state index contributed by atoms with van der Waals surface area (Å²) in [6, 6.07) is 6.25. The molecule has 0 unspecified atom stereocenters. The lowest BCUT2D eigenvalue weighted by molar-refractivity contribution is 0.0696. The van der Waals surface area contributed by atoms with Gasteiger partial charge in [0.2, 0.25) is 5.89 Å². The maximum atomic E-state index is 10.8. The fourth-order valence-corrected chi connectivity index (χ4v) is 1.53. The Morgan fingerprint density at radius 2 is 2.16 bits per heavy atom. The maximum absolute atomic E-state index is 10.8. The zero-order valence-corrected chi connectivity index (χ0v) is 10.5. The first kappa shape index (κ1) is 13.1. The predicted molar refractivity (Wildman–Crippen MR) is 66.0 cm³/mol. The summed E-state index contributed by atoms with van der Waals surface area (Å²) >= 11 is 0. The highest BCUT2D eigenvalue weighted by atomic mass is 16.5. The molecule has 1 N–H and O–H groups in total. The summed E-state index contributed by atoms with van der Waals surface area (Å²) in [6.07, 6.45) is 1.67. The average Bonchev–Trinajstić information content (AvgIpc) is 2.85. The molecular weight excluding hydrogens is 248 g/mol. The highest BCUT2D eigenvalue weighted by Gasteiger charge is 2.07. The van der Waals surface area contributed by atoms with E-state index in [2.05, 4.69) is 10.2 Å². The number of hydrogen-bond acceptors (Lipinski definition) is 5. The monoisotopic (exact) mass is 262 g/mol. The molecule has 0 spiro atoms. The van der Waals surface area contributed by atoms with Crippen LogP contribution in [0.2, 0.25) is 0 Å². The van der Waals surface area contributed by atoms with E-state index in [0.29, 0.717) is 17.5 Å². The van der Waals surface area contributed by atoms with E-state index in [0.717, 1.165) is 12.8 Å². The summed E-state index contributed by atoms with van der Waals surface area (Å²) in [7, 11) is 0. The number of carboxylic acids is 1. The smallest absolute Gasteiger partial charge is 0.335 e. The lowest BCUT2D eigenvalue weighted by Gasteiger charge is -2.03. The molecule has 0 fully saturated rings. The van der Waals surface area contributed by atoms with E-state index in [1.165, 1.54) is 12.1 Å². The van der Waals surface area contributed by atoms with Gasteiger partial charge in [-0.2, -0.15) is 0 Å². The molecule has 1 aromatic carbocycles. The van der Waals surface area contributed by atoms with Crippen molar-refractivity contribution in [3.05, 3.63) is 41.6 Å². The maximum Gasteiger partial charge on any atom is 0.335 e. The zero-order valence-electron chi connectivity index (χ0n) is 10.5. The number of hydrogen-bond donors (Lipinski definition) is 1. The van der Waals surface area contributed by atoms with Gasteiger partial charge in [0.1, 0.15) is 5.75 Å². The Morgan fingerprint density at radius 3 is 2.89 bits per heavy atom. The lowest BCUT2D eigenvalue weighted by Crippen LogP contribution is -1.99. The zero-order chi connectivity index (χ0) is 13.7. The third-order valence-corrected chi connectivity index (χ3v) is 2.42. The van der Waals surface area contributed by atoms with Gasteiger partial charge in [-0.3, -0.25) is 0 Å². The molecule has 6 heteroatoms. The molecule has 2 rings (SSSR count). The first-order valence-corrected chi connectivity index (χ1v) is 5.96. The van der Waals surface area contributed by atoms with Crippen molar-refractivity contribution in [2.45, 2.75) is 26.4 Å².